The number of nitrogens with one attached hydrogen (secondary N) is 1. The molecule has 17 heavy (non-hydrogen) atoms. The molecule has 2 aliphatic rings. The Hall–Kier alpha value is -1.30. The summed E-state index contributed by atoms with van der Waals surface area (Å²) in [6.07, 6.45) is 0.439. The van der Waals surface area contributed by atoms with E-state index in [2.05, 4.69) is 5.32 Å². The van der Waals surface area contributed by atoms with E-state index in [1.54, 1.807) is 4.90 Å². The van der Waals surface area contributed by atoms with Crippen LogP contribution in [-0.2, 0) is 4.79 Å². The molecule has 0 spiro atoms. The third-order valence-corrected chi connectivity index (χ3v) is 3.19. The van der Waals surface area contributed by atoms with E-state index < -0.39 is 0 Å². The van der Waals surface area contributed by atoms with Crippen LogP contribution < -0.4 is 11.1 Å². The minimum Gasteiger partial charge on any atom is -0.336 e. The number of hydrogen-bond acceptors (Lipinski definition) is 3. The Labute approximate surface area is 101 Å². The van der Waals surface area contributed by atoms with Crippen LogP contribution in [-0.4, -0.2) is 59.5 Å². The van der Waals surface area contributed by atoms with Gasteiger partial charge in [-0.05, 0) is 13.8 Å². The van der Waals surface area contributed by atoms with E-state index in [4.69, 9.17) is 5.73 Å². The van der Waals surface area contributed by atoms with Crippen molar-refractivity contribution in [1.82, 2.24) is 15.1 Å². The highest BCUT2D eigenvalue weighted by Crippen LogP contribution is 2.20. The minimum atomic E-state index is -0.0489. The second-order valence-electron chi connectivity index (χ2n) is 5.17. The molecular weight excluding hydrogens is 220 g/mol. The van der Waals surface area contributed by atoms with E-state index in [1.165, 1.54) is 0 Å². The summed E-state index contributed by atoms with van der Waals surface area (Å²) in [4.78, 5) is 26.8. The molecule has 1 unspecified atom stereocenters. The van der Waals surface area contributed by atoms with Crippen molar-refractivity contribution < 1.29 is 9.59 Å². The molecule has 6 heteroatoms. The molecule has 2 fully saturated rings. The van der Waals surface area contributed by atoms with Gasteiger partial charge >= 0.3 is 6.03 Å². The molecule has 0 saturated carbocycles. The average molecular weight is 240 g/mol. The SMILES string of the molecule is CC(C)NC(=O)N1CC(N2CC(N)CC2=O)C1. The van der Waals surface area contributed by atoms with E-state index in [0.29, 0.717) is 26.1 Å². The third kappa shape index (κ3) is 2.52. The van der Waals surface area contributed by atoms with Crippen molar-refractivity contribution in [3.05, 3.63) is 0 Å². The first-order valence-electron chi connectivity index (χ1n) is 6.08. The molecule has 1 atom stereocenters. The molecule has 2 saturated heterocycles. The fraction of sp³-hybridized carbons (Fsp3) is 0.818. The Bertz CT molecular complexity index is 325. The van der Waals surface area contributed by atoms with Crippen molar-refractivity contribution in [2.24, 2.45) is 5.73 Å². The van der Waals surface area contributed by atoms with Gasteiger partial charge < -0.3 is 20.9 Å². The molecule has 2 aliphatic heterocycles. The van der Waals surface area contributed by atoms with Crippen molar-refractivity contribution >= 4 is 11.9 Å². The molecule has 6 nitrogen and oxygen atoms in total. The number of urea groups is 1. The molecular formula is C11H20N4O2. The maximum absolute atomic E-state index is 11.6. The Kier molecular flexibility index (Phi) is 3.24. The molecule has 0 aromatic rings. The summed E-state index contributed by atoms with van der Waals surface area (Å²) in [5.41, 5.74) is 5.74. The number of nitrogens with two attached hydrogens (primary N) is 1. The predicted octanol–water partition coefficient (Wildman–Crippen LogP) is -0.652. The molecule has 0 radical (unpaired) electrons. The van der Waals surface area contributed by atoms with Gasteiger partial charge in [-0.1, -0.05) is 0 Å². The zero-order valence-electron chi connectivity index (χ0n) is 10.3. The molecule has 3 amide bonds. The Balaban J connectivity index is 1.79. The van der Waals surface area contributed by atoms with Gasteiger partial charge in [0.1, 0.15) is 0 Å². The van der Waals surface area contributed by atoms with Gasteiger partial charge in [0.05, 0.1) is 6.04 Å². The van der Waals surface area contributed by atoms with Crippen LogP contribution in [0.2, 0.25) is 0 Å². The van der Waals surface area contributed by atoms with E-state index in [9.17, 15) is 9.59 Å². The monoisotopic (exact) mass is 240 g/mol. The van der Waals surface area contributed by atoms with Crippen molar-refractivity contribution in [3.63, 3.8) is 0 Å². The van der Waals surface area contributed by atoms with Gasteiger partial charge in [-0.2, -0.15) is 0 Å². The van der Waals surface area contributed by atoms with E-state index >= 15 is 0 Å². The first-order valence-corrected chi connectivity index (χ1v) is 6.08. The lowest BCUT2D eigenvalue weighted by molar-refractivity contribution is -0.132. The van der Waals surface area contributed by atoms with Gasteiger partial charge in [-0.3, -0.25) is 4.79 Å². The van der Waals surface area contributed by atoms with Crippen LogP contribution >= 0.6 is 0 Å². The summed E-state index contributed by atoms with van der Waals surface area (Å²) in [6.45, 7) is 5.73. The first kappa shape index (κ1) is 12.2. The van der Waals surface area contributed by atoms with Gasteiger partial charge in [0.2, 0.25) is 5.91 Å². The molecule has 3 N–H and O–H groups in total. The quantitative estimate of drug-likeness (QED) is 0.673. The molecule has 2 rings (SSSR count). The highest BCUT2D eigenvalue weighted by Gasteiger charge is 2.40. The van der Waals surface area contributed by atoms with E-state index in [-0.39, 0.29) is 30.1 Å². The molecule has 0 aliphatic carbocycles. The molecule has 0 bridgehead atoms. The van der Waals surface area contributed by atoms with Crippen molar-refractivity contribution in [1.29, 1.82) is 0 Å². The average Bonchev–Trinajstić information content (AvgIpc) is 2.41. The van der Waals surface area contributed by atoms with Crippen LogP contribution in [0, 0.1) is 0 Å². The van der Waals surface area contributed by atoms with Crippen LogP contribution in [0.1, 0.15) is 20.3 Å². The lowest BCUT2D eigenvalue weighted by Crippen LogP contribution is -2.63. The largest absolute Gasteiger partial charge is 0.336 e. The number of hydrogen-bond donors (Lipinski definition) is 2. The topological polar surface area (TPSA) is 78.7 Å². The van der Waals surface area contributed by atoms with Gasteiger partial charge in [-0.15, -0.1) is 0 Å². The maximum atomic E-state index is 11.6. The minimum absolute atomic E-state index is 0.0407. The van der Waals surface area contributed by atoms with Gasteiger partial charge in [0.15, 0.2) is 0 Å². The van der Waals surface area contributed by atoms with Gasteiger partial charge in [0, 0.05) is 38.1 Å². The number of amides is 3. The fourth-order valence-electron chi connectivity index (χ4n) is 2.27. The summed E-state index contributed by atoms with van der Waals surface area (Å²) < 4.78 is 0. The maximum Gasteiger partial charge on any atom is 0.317 e. The van der Waals surface area contributed by atoms with Crippen molar-refractivity contribution in [2.75, 3.05) is 19.6 Å². The molecule has 2 heterocycles. The lowest BCUT2D eigenvalue weighted by atomic mass is 10.1. The predicted molar refractivity (Wildman–Crippen MR) is 63.3 cm³/mol. The fourth-order valence-corrected chi connectivity index (χ4v) is 2.27. The highest BCUT2D eigenvalue weighted by atomic mass is 16.2. The Morgan fingerprint density at radius 3 is 2.53 bits per heavy atom. The standard InChI is InChI=1S/C11H20N4O2/c1-7(2)13-11(17)14-5-9(6-14)15-4-8(12)3-10(15)16/h7-9H,3-6,12H2,1-2H3,(H,13,17). The highest BCUT2D eigenvalue weighted by molar-refractivity contribution is 5.81. The third-order valence-electron chi connectivity index (χ3n) is 3.19. The zero-order valence-corrected chi connectivity index (χ0v) is 10.3. The number of carbonyl (C=O) groups excluding carboxylic acids is 2. The van der Waals surface area contributed by atoms with Crippen LogP contribution in [0.5, 0.6) is 0 Å². The number of likely N-dealkylation sites (tertiary alicyclic amines) is 2. The molecule has 96 valence electrons. The summed E-state index contributed by atoms with van der Waals surface area (Å²) in [5, 5.41) is 2.83. The Morgan fingerprint density at radius 1 is 1.41 bits per heavy atom. The van der Waals surface area contributed by atoms with Gasteiger partial charge in [-0.25, -0.2) is 4.79 Å². The number of carbonyl (C=O) groups is 2. The first-order chi connectivity index (χ1) is 7.97. The second kappa shape index (κ2) is 4.52. The molecule has 0 aromatic carbocycles. The van der Waals surface area contributed by atoms with Crippen molar-refractivity contribution in [2.45, 2.75) is 38.4 Å². The second-order valence-corrected chi connectivity index (χ2v) is 5.17. The Morgan fingerprint density at radius 2 is 2.06 bits per heavy atom. The summed E-state index contributed by atoms with van der Waals surface area (Å²) >= 11 is 0. The van der Waals surface area contributed by atoms with Crippen LogP contribution in [0.25, 0.3) is 0 Å². The summed E-state index contributed by atoms with van der Waals surface area (Å²) in [5.74, 6) is 0.117. The van der Waals surface area contributed by atoms with Crippen LogP contribution in [0.15, 0.2) is 0 Å². The number of rotatable bonds is 2. The van der Waals surface area contributed by atoms with Crippen LogP contribution in [0.3, 0.4) is 0 Å². The zero-order chi connectivity index (χ0) is 12.6. The van der Waals surface area contributed by atoms with Crippen LogP contribution in [0.4, 0.5) is 4.79 Å². The van der Waals surface area contributed by atoms with E-state index in [1.807, 2.05) is 18.7 Å². The smallest absolute Gasteiger partial charge is 0.317 e. The lowest BCUT2D eigenvalue weighted by Gasteiger charge is -2.44. The summed E-state index contributed by atoms with van der Waals surface area (Å²) in [6, 6.07) is 0.214. The summed E-state index contributed by atoms with van der Waals surface area (Å²) in [7, 11) is 0. The van der Waals surface area contributed by atoms with E-state index in [0.717, 1.165) is 0 Å². The van der Waals surface area contributed by atoms with Gasteiger partial charge in [0.25, 0.3) is 0 Å². The number of nitrogens with zero attached hydrogens (tertiary/aromatic N) is 2. The van der Waals surface area contributed by atoms with Crippen molar-refractivity contribution in [3.8, 4) is 0 Å². The normalized spacial score (nSPS) is 25.4. The molecule has 0 aromatic heterocycles.